The van der Waals surface area contributed by atoms with Gasteiger partial charge in [-0.25, -0.2) is 4.98 Å². The Labute approximate surface area is 87.4 Å². The van der Waals surface area contributed by atoms with E-state index in [1.54, 1.807) is 24.5 Å². The van der Waals surface area contributed by atoms with Gasteiger partial charge >= 0.3 is 0 Å². The first-order chi connectivity index (χ1) is 7.25. The number of nitrogens with zero attached hydrogens (tertiary/aromatic N) is 2. The lowest BCUT2D eigenvalue weighted by Gasteiger charge is -2.01. The average molecular weight is 201 g/mol. The Bertz CT molecular complexity index is 445. The first-order valence-electron chi connectivity index (χ1n) is 4.61. The summed E-state index contributed by atoms with van der Waals surface area (Å²) in [5, 5.41) is 0. The van der Waals surface area contributed by atoms with Gasteiger partial charge in [-0.05, 0) is 17.7 Å². The lowest BCUT2D eigenvalue weighted by atomic mass is 10.1. The van der Waals surface area contributed by atoms with Gasteiger partial charge in [-0.1, -0.05) is 12.1 Å². The van der Waals surface area contributed by atoms with E-state index in [-0.39, 0.29) is 5.91 Å². The highest BCUT2D eigenvalue weighted by molar-refractivity contribution is 5.81. The molecule has 1 heterocycles. The Hall–Kier alpha value is -2.10. The summed E-state index contributed by atoms with van der Waals surface area (Å²) in [7, 11) is 0. The van der Waals surface area contributed by atoms with Crippen LogP contribution in [0.2, 0.25) is 0 Å². The van der Waals surface area contributed by atoms with Crippen LogP contribution in [0.3, 0.4) is 0 Å². The standard InChI is InChI=1S/C11H11N3O/c12-10-3-1-9(2-4-10)7-11(15)14-6-5-13-8-14/h1-6,8H,7,12H2. The summed E-state index contributed by atoms with van der Waals surface area (Å²) in [5.41, 5.74) is 7.20. The van der Waals surface area contributed by atoms with E-state index in [0.717, 1.165) is 5.56 Å². The van der Waals surface area contributed by atoms with Crippen LogP contribution in [0.15, 0.2) is 43.0 Å². The fourth-order valence-corrected chi connectivity index (χ4v) is 1.31. The second-order valence-electron chi connectivity index (χ2n) is 3.28. The van der Waals surface area contributed by atoms with Crippen LogP contribution in [-0.2, 0) is 6.42 Å². The van der Waals surface area contributed by atoms with Crippen LogP contribution in [0, 0.1) is 0 Å². The number of aromatic nitrogens is 2. The van der Waals surface area contributed by atoms with Crippen LogP contribution in [0.5, 0.6) is 0 Å². The number of carbonyl (C=O) groups excluding carboxylic acids is 1. The van der Waals surface area contributed by atoms with Gasteiger partial charge in [0.05, 0.1) is 6.42 Å². The fourth-order valence-electron chi connectivity index (χ4n) is 1.31. The molecule has 0 unspecified atom stereocenters. The maximum atomic E-state index is 11.7. The topological polar surface area (TPSA) is 60.9 Å². The SMILES string of the molecule is Nc1ccc(CC(=O)n2ccnc2)cc1. The smallest absolute Gasteiger partial charge is 0.236 e. The van der Waals surface area contributed by atoms with Crippen molar-refractivity contribution in [2.75, 3.05) is 5.73 Å². The van der Waals surface area contributed by atoms with Crippen LogP contribution in [0.1, 0.15) is 10.4 Å². The predicted octanol–water partition coefficient (Wildman–Crippen LogP) is 1.35. The Morgan fingerprint density at radius 1 is 1.33 bits per heavy atom. The molecule has 0 saturated heterocycles. The molecule has 76 valence electrons. The second-order valence-corrected chi connectivity index (χ2v) is 3.28. The Balaban J connectivity index is 2.09. The number of hydrogen-bond acceptors (Lipinski definition) is 3. The molecular formula is C11H11N3O. The summed E-state index contributed by atoms with van der Waals surface area (Å²) in [6.07, 6.45) is 5.08. The van der Waals surface area contributed by atoms with Crippen molar-refractivity contribution < 1.29 is 4.79 Å². The van der Waals surface area contributed by atoms with E-state index in [1.165, 1.54) is 10.9 Å². The lowest BCUT2D eigenvalue weighted by molar-refractivity contribution is 0.0914. The molecule has 2 N–H and O–H groups in total. The van der Waals surface area contributed by atoms with Crippen molar-refractivity contribution in [3.8, 4) is 0 Å². The molecule has 1 aromatic heterocycles. The van der Waals surface area contributed by atoms with Crippen LogP contribution < -0.4 is 5.73 Å². The Kier molecular flexibility index (Phi) is 2.49. The van der Waals surface area contributed by atoms with E-state index in [2.05, 4.69) is 4.98 Å². The quantitative estimate of drug-likeness (QED) is 0.746. The van der Waals surface area contributed by atoms with Crippen LogP contribution in [-0.4, -0.2) is 15.5 Å². The van der Waals surface area contributed by atoms with Gasteiger partial charge in [0.15, 0.2) is 0 Å². The number of hydrogen-bond donors (Lipinski definition) is 1. The molecule has 0 radical (unpaired) electrons. The molecule has 0 fully saturated rings. The molecule has 0 spiro atoms. The minimum atomic E-state index is -0.00253. The molecule has 0 atom stereocenters. The van der Waals surface area contributed by atoms with E-state index >= 15 is 0 Å². The largest absolute Gasteiger partial charge is 0.399 e. The third-order valence-electron chi connectivity index (χ3n) is 2.13. The van der Waals surface area contributed by atoms with Gasteiger partial charge in [0, 0.05) is 18.1 Å². The highest BCUT2D eigenvalue weighted by Crippen LogP contribution is 2.07. The normalized spacial score (nSPS) is 10.1. The minimum absolute atomic E-state index is 0.00253. The zero-order valence-corrected chi connectivity index (χ0v) is 8.13. The summed E-state index contributed by atoms with van der Waals surface area (Å²) >= 11 is 0. The summed E-state index contributed by atoms with van der Waals surface area (Å²) in [6.45, 7) is 0. The average Bonchev–Trinajstić information content (AvgIpc) is 2.74. The van der Waals surface area contributed by atoms with Crippen molar-refractivity contribution in [1.82, 2.24) is 9.55 Å². The zero-order chi connectivity index (χ0) is 10.7. The number of rotatable bonds is 2. The summed E-state index contributed by atoms with van der Waals surface area (Å²) in [4.78, 5) is 15.5. The molecule has 4 nitrogen and oxygen atoms in total. The number of nitrogens with two attached hydrogens (primary N) is 1. The molecule has 0 aliphatic heterocycles. The monoisotopic (exact) mass is 201 g/mol. The number of anilines is 1. The van der Waals surface area contributed by atoms with Gasteiger partial charge in [-0.2, -0.15) is 0 Å². The van der Waals surface area contributed by atoms with Crippen molar-refractivity contribution in [3.63, 3.8) is 0 Å². The second kappa shape index (κ2) is 3.96. The minimum Gasteiger partial charge on any atom is -0.399 e. The van der Waals surface area contributed by atoms with Gasteiger partial charge in [0.2, 0.25) is 5.91 Å². The third kappa shape index (κ3) is 2.22. The maximum Gasteiger partial charge on any atom is 0.236 e. The van der Waals surface area contributed by atoms with E-state index in [4.69, 9.17) is 5.73 Å². The van der Waals surface area contributed by atoms with Crippen LogP contribution in [0.25, 0.3) is 0 Å². The molecule has 15 heavy (non-hydrogen) atoms. The lowest BCUT2D eigenvalue weighted by Crippen LogP contribution is -2.11. The van der Waals surface area contributed by atoms with Crippen molar-refractivity contribution in [2.45, 2.75) is 6.42 Å². The van der Waals surface area contributed by atoms with E-state index in [1.807, 2.05) is 12.1 Å². The third-order valence-corrected chi connectivity index (χ3v) is 2.13. The number of benzene rings is 1. The predicted molar refractivity (Wildman–Crippen MR) is 57.4 cm³/mol. The molecule has 0 aliphatic rings. The molecule has 0 bridgehead atoms. The molecule has 1 aromatic carbocycles. The van der Waals surface area contributed by atoms with Crippen molar-refractivity contribution in [1.29, 1.82) is 0 Å². The number of imidazole rings is 1. The van der Waals surface area contributed by atoms with Crippen molar-refractivity contribution in [2.24, 2.45) is 0 Å². The van der Waals surface area contributed by atoms with Gasteiger partial charge < -0.3 is 5.73 Å². The molecule has 2 rings (SSSR count). The Morgan fingerprint density at radius 2 is 2.07 bits per heavy atom. The highest BCUT2D eigenvalue weighted by Gasteiger charge is 2.04. The van der Waals surface area contributed by atoms with Crippen LogP contribution in [0.4, 0.5) is 5.69 Å². The van der Waals surface area contributed by atoms with Crippen molar-refractivity contribution in [3.05, 3.63) is 48.5 Å². The van der Waals surface area contributed by atoms with E-state index in [9.17, 15) is 4.79 Å². The number of nitrogen functional groups attached to an aromatic ring is 1. The molecular weight excluding hydrogens is 190 g/mol. The Morgan fingerprint density at radius 3 is 2.67 bits per heavy atom. The van der Waals surface area contributed by atoms with Gasteiger partial charge in [-0.3, -0.25) is 9.36 Å². The first-order valence-corrected chi connectivity index (χ1v) is 4.61. The zero-order valence-electron chi connectivity index (χ0n) is 8.13. The fraction of sp³-hybridized carbons (Fsp3) is 0.0909. The molecule has 4 heteroatoms. The van der Waals surface area contributed by atoms with Gasteiger partial charge in [0.1, 0.15) is 6.33 Å². The summed E-state index contributed by atoms with van der Waals surface area (Å²) in [6, 6.07) is 7.28. The molecule has 0 saturated carbocycles. The molecule has 0 amide bonds. The van der Waals surface area contributed by atoms with Gasteiger partial charge in [0.25, 0.3) is 0 Å². The van der Waals surface area contributed by atoms with Gasteiger partial charge in [-0.15, -0.1) is 0 Å². The van der Waals surface area contributed by atoms with E-state index in [0.29, 0.717) is 12.1 Å². The summed E-state index contributed by atoms with van der Waals surface area (Å²) in [5.74, 6) is -0.00253. The first kappa shape index (κ1) is 9.45. The number of carbonyl (C=O) groups is 1. The molecule has 2 aromatic rings. The van der Waals surface area contributed by atoms with Crippen molar-refractivity contribution >= 4 is 11.6 Å². The molecule has 0 aliphatic carbocycles. The highest BCUT2D eigenvalue weighted by atomic mass is 16.2. The maximum absolute atomic E-state index is 11.7. The van der Waals surface area contributed by atoms with Crippen LogP contribution >= 0.6 is 0 Å². The van der Waals surface area contributed by atoms with E-state index < -0.39 is 0 Å². The summed E-state index contributed by atoms with van der Waals surface area (Å²) < 4.78 is 1.47.